The molecule has 0 bridgehead atoms. The normalized spacial score (nSPS) is 13.7. The number of fused-ring (bicyclic) bond motifs is 1. The van der Waals surface area contributed by atoms with E-state index in [1.165, 1.54) is 6.92 Å². The van der Waals surface area contributed by atoms with Gasteiger partial charge in [0.2, 0.25) is 0 Å². The average molecular weight is 210 g/mol. The summed E-state index contributed by atoms with van der Waals surface area (Å²) in [4.78, 5) is 22.4. The highest BCUT2D eigenvalue weighted by molar-refractivity contribution is 6.32. The predicted octanol–water partition coefficient (Wildman–Crippen LogP) is 1.79. The molecule has 1 aliphatic rings. The lowest BCUT2D eigenvalue weighted by Crippen LogP contribution is -2.12. The van der Waals surface area contributed by atoms with Crippen molar-refractivity contribution in [2.45, 2.75) is 13.5 Å². The van der Waals surface area contributed by atoms with Gasteiger partial charge in [-0.2, -0.15) is 0 Å². The van der Waals surface area contributed by atoms with Crippen LogP contribution in [0.1, 0.15) is 33.2 Å². The lowest BCUT2D eigenvalue weighted by Gasteiger charge is -2.02. The van der Waals surface area contributed by atoms with Crippen molar-refractivity contribution in [1.29, 1.82) is 0 Å². The van der Waals surface area contributed by atoms with E-state index in [1.54, 1.807) is 12.1 Å². The molecule has 72 valence electrons. The SMILES string of the molecule is CC(=O)c1cc(Cl)c2c(c1)C(=O)NC2. The topological polar surface area (TPSA) is 46.2 Å². The van der Waals surface area contributed by atoms with Gasteiger partial charge in [0.25, 0.3) is 5.91 Å². The van der Waals surface area contributed by atoms with Crippen molar-refractivity contribution < 1.29 is 9.59 Å². The van der Waals surface area contributed by atoms with Crippen molar-refractivity contribution in [2.24, 2.45) is 0 Å². The van der Waals surface area contributed by atoms with Gasteiger partial charge >= 0.3 is 0 Å². The minimum absolute atomic E-state index is 0.0885. The molecular weight excluding hydrogens is 202 g/mol. The van der Waals surface area contributed by atoms with E-state index < -0.39 is 0 Å². The summed E-state index contributed by atoms with van der Waals surface area (Å²) in [6.45, 7) is 1.90. The molecule has 1 aromatic rings. The van der Waals surface area contributed by atoms with Crippen LogP contribution in [0.3, 0.4) is 0 Å². The van der Waals surface area contributed by atoms with E-state index in [-0.39, 0.29) is 11.7 Å². The zero-order chi connectivity index (χ0) is 10.3. The van der Waals surface area contributed by atoms with Gasteiger partial charge in [0.15, 0.2) is 5.78 Å². The highest BCUT2D eigenvalue weighted by Crippen LogP contribution is 2.26. The third kappa shape index (κ3) is 1.30. The summed E-state index contributed by atoms with van der Waals surface area (Å²) in [6.07, 6.45) is 0. The van der Waals surface area contributed by atoms with E-state index in [0.717, 1.165) is 5.56 Å². The minimum atomic E-state index is -0.162. The molecule has 0 aliphatic carbocycles. The van der Waals surface area contributed by atoms with Gasteiger partial charge < -0.3 is 5.32 Å². The fraction of sp³-hybridized carbons (Fsp3) is 0.200. The van der Waals surface area contributed by atoms with Crippen LogP contribution in [0.15, 0.2) is 12.1 Å². The number of carbonyl (C=O) groups excluding carboxylic acids is 2. The van der Waals surface area contributed by atoms with Gasteiger partial charge in [0.1, 0.15) is 0 Å². The number of Topliss-reactive ketones (excluding diaryl/α,β-unsaturated/α-hetero) is 1. The number of ketones is 1. The molecule has 0 unspecified atom stereocenters. The maximum absolute atomic E-state index is 11.3. The Morgan fingerprint density at radius 2 is 2.21 bits per heavy atom. The summed E-state index contributed by atoms with van der Waals surface area (Å²) in [5.74, 6) is -0.251. The number of rotatable bonds is 1. The summed E-state index contributed by atoms with van der Waals surface area (Å²) in [5.41, 5.74) is 1.77. The molecule has 1 N–H and O–H groups in total. The van der Waals surface area contributed by atoms with Crippen LogP contribution in [0.5, 0.6) is 0 Å². The Morgan fingerprint density at radius 3 is 2.86 bits per heavy atom. The minimum Gasteiger partial charge on any atom is -0.348 e. The Hall–Kier alpha value is -1.35. The molecule has 0 spiro atoms. The van der Waals surface area contributed by atoms with Crippen LogP contribution in [-0.2, 0) is 6.54 Å². The van der Waals surface area contributed by atoms with Gasteiger partial charge in [-0.15, -0.1) is 0 Å². The number of halogens is 1. The lowest BCUT2D eigenvalue weighted by molar-refractivity contribution is 0.0965. The summed E-state index contributed by atoms with van der Waals surface area (Å²) < 4.78 is 0. The maximum atomic E-state index is 11.3. The van der Waals surface area contributed by atoms with Crippen LogP contribution in [-0.4, -0.2) is 11.7 Å². The second kappa shape index (κ2) is 3.10. The quantitative estimate of drug-likeness (QED) is 0.717. The maximum Gasteiger partial charge on any atom is 0.251 e. The number of hydrogen-bond donors (Lipinski definition) is 1. The Bertz CT molecular complexity index is 440. The molecule has 1 aliphatic heterocycles. The van der Waals surface area contributed by atoms with Gasteiger partial charge in [-0.1, -0.05) is 11.6 Å². The van der Waals surface area contributed by atoms with E-state index in [1.807, 2.05) is 0 Å². The number of hydrogen-bond acceptors (Lipinski definition) is 2. The average Bonchev–Trinajstić information content (AvgIpc) is 2.48. The predicted molar refractivity (Wildman–Crippen MR) is 52.6 cm³/mol. The number of amides is 1. The van der Waals surface area contributed by atoms with E-state index in [0.29, 0.717) is 22.7 Å². The third-order valence-electron chi connectivity index (χ3n) is 2.27. The molecule has 4 heteroatoms. The molecule has 0 aromatic heterocycles. The Morgan fingerprint density at radius 1 is 1.50 bits per heavy atom. The highest BCUT2D eigenvalue weighted by atomic mass is 35.5. The van der Waals surface area contributed by atoms with Crippen molar-refractivity contribution >= 4 is 23.3 Å². The van der Waals surface area contributed by atoms with Gasteiger partial charge in [-0.05, 0) is 19.1 Å². The van der Waals surface area contributed by atoms with E-state index >= 15 is 0 Å². The molecule has 14 heavy (non-hydrogen) atoms. The monoisotopic (exact) mass is 209 g/mol. The Balaban J connectivity index is 2.64. The largest absolute Gasteiger partial charge is 0.348 e. The molecular formula is C10H8ClNO2. The first kappa shape index (κ1) is 9.21. The molecule has 1 amide bonds. The fourth-order valence-corrected chi connectivity index (χ4v) is 1.77. The molecule has 2 rings (SSSR count). The fourth-order valence-electron chi connectivity index (χ4n) is 1.49. The first-order chi connectivity index (χ1) is 6.59. The van der Waals surface area contributed by atoms with Crippen molar-refractivity contribution in [3.05, 3.63) is 33.8 Å². The second-order valence-electron chi connectivity index (χ2n) is 3.22. The smallest absolute Gasteiger partial charge is 0.251 e. The zero-order valence-electron chi connectivity index (χ0n) is 7.56. The summed E-state index contributed by atoms with van der Waals surface area (Å²) in [5, 5.41) is 3.14. The van der Waals surface area contributed by atoms with E-state index in [4.69, 9.17) is 11.6 Å². The molecule has 1 aromatic carbocycles. The van der Waals surface area contributed by atoms with Crippen molar-refractivity contribution in [3.63, 3.8) is 0 Å². The van der Waals surface area contributed by atoms with Gasteiger partial charge in [0, 0.05) is 28.3 Å². The third-order valence-corrected chi connectivity index (χ3v) is 2.61. The first-order valence-corrected chi connectivity index (χ1v) is 4.59. The number of carbonyl (C=O) groups is 2. The Kier molecular flexibility index (Phi) is 2.04. The second-order valence-corrected chi connectivity index (χ2v) is 3.63. The van der Waals surface area contributed by atoms with E-state index in [2.05, 4.69) is 5.32 Å². The van der Waals surface area contributed by atoms with Crippen LogP contribution < -0.4 is 5.32 Å². The summed E-state index contributed by atoms with van der Waals surface area (Å²) in [6, 6.07) is 3.19. The number of nitrogens with one attached hydrogen (secondary N) is 1. The van der Waals surface area contributed by atoms with Crippen LogP contribution in [0.2, 0.25) is 5.02 Å². The van der Waals surface area contributed by atoms with Crippen LogP contribution >= 0.6 is 11.6 Å². The molecule has 0 atom stereocenters. The van der Waals surface area contributed by atoms with Crippen molar-refractivity contribution in [1.82, 2.24) is 5.32 Å². The van der Waals surface area contributed by atoms with Crippen molar-refractivity contribution in [2.75, 3.05) is 0 Å². The van der Waals surface area contributed by atoms with Gasteiger partial charge in [-0.25, -0.2) is 0 Å². The molecule has 0 fully saturated rings. The summed E-state index contributed by atoms with van der Waals surface area (Å²) >= 11 is 5.94. The lowest BCUT2D eigenvalue weighted by atomic mass is 10.0. The number of benzene rings is 1. The van der Waals surface area contributed by atoms with Gasteiger partial charge in [-0.3, -0.25) is 9.59 Å². The van der Waals surface area contributed by atoms with Crippen LogP contribution in [0.4, 0.5) is 0 Å². The zero-order valence-corrected chi connectivity index (χ0v) is 8.31. The summed E-state index contributed by atoms with van der Waals surface area (Å²) in [7, 11) is 0. The highest BCUT2D eigenvalue weighted by Gasteiger charge is 2.22. The molecule has 0 radical (unpaired) electrons. The molecule has 3 nitrogen and oxygen atoms in total. The molecule has 0 saturated heterocycles. The molecule has 1 heterocycles. The standard InChI is InChI=1S/C10H8ClNO2/c1-5(13)6-2-7-8(9(11)3-6)4-12-10(7)14/h2-3H,4H2,1H3,(H,12,14). The molecule has 0 saturated carbocycles. The Labute approximate surface area is 86.1 Å². The van der Waals surface area contributed by atoms with Crippen LogP contribution in [0, 0.1) is 0 Å². The van der Waals surface area contributed by atoms with Gasteiger partial charge in [0.05, 0.1) is 0 Å². The first-order valence-electron chi connectivity index (χ1n) is 4.21. The van der Waals surface area contributed by atoms with E-state index in [9.17, 15) is 9.59 Å². The van der Waals surface area contributed by atoms with Crippen molar-refractivity contribution in [3.8, 4) is 0 Å². The van der Waals surface area contributed by atoms with Crippen LogP contribution in [0.25, 0.3) is 0 Å².